The maximum atomic E-state index is 5.12. The predicted octanol–water partition coefficient (Wildman–Crippen LogP) is 1.16. The number of halogens is 1. The van der Waals surface area contributed by atoms with Crippen LogP contribution >= 0.6 is 17.0 Å². The molecule has 0 nitrogen and oxygen atoms in total. The van der Waals surface area contributed by atoms with E-state index in [1.807, 2.05) is 0 Å². The van der Waals surface area contributed by atoms with Gasteiger partial charge in [-0.25, -0.2) is 0 Å². The smallest absolute Gasteiger partial charge is 0.135 e. The third kappa shape index (κ3) is 15.7. The van der Waals surface area contributed by atoms with Crippen molar-refractivity contribution in [1.29, 1.82) is 0 Å². The van der Waals surface area contributed by atoms with Crippen LogP contribution in [0.4, 0.5) is 0 Å². The van der Waals surface area contributed by atoms with Gasteiger partial charge in [0.15, 0.2) is 0 Å². The first kappa shape index (κ1) is 16.0. The second-order valence-corrected chi connectivity index (χ2v) is 7.18. The van der Waals surface area contributed by atoms with Crippen molar-refractivity contribution in [1.82, 2.24) is 0 Å². The molecular weight excluding hydrogens is 192 g/mol. The Morgan fingerprint density at radius 1 is 1.25 bits per heavy atom. The number of rotatable bonds is 0. The molecule has 0 saturated carbocycles. The van der Waals surface area contributed by atoms with Gasteiger partial charge in [-0.3, -0.25) is 0 Å². The molecule has 8 heavy (non-hydrogen) atoms. The van der Waals surface area contributed by atoms with Crippen LogP contribution in [0.5, 0.6) is 0 Å². The zero-order valence-electron chi connectivity index (χ0n) is 4.99. The fraction of sp³-hybridized carbons (Fsp3) is 0.600. The van der Waals surface area contributed by atoms with E-state index in [1.165, 1.54) is 0 Å². The van der Waals surface area contributed by atoms with E-state index in [4.69, 9.17) is 6.42 Å². The Kier molecular flexibility index (Phi) is 12.3. The van der Waals surface area contributed by atoms with Gasteiger partial charge in [-0.1, -0.05) is 19.6 Å². The second-order valence-electron chi connectivity index (χ2n) is 2.39. The zero-order chi connectivity index (χ0) is 5.21. The minimum absolute atomic E-state index is 0. The molecule has 0 aliphatic heterocycles. The zero-order valence-corrected chi connectivity index (χ0v) is 7.70. The first-order valence-corrected chi connectivity index (χ1v) is 5.54. The summed E-state index contributed by atoms with van der Waals surface area (Å²) in [6, 6.07) is 0. The van der Waals surface area contributed by atoms with Crippen LogP contribution in [0.15, 0.2) is 0 Å². The molecule has 0 atom stereocenters. The predicted molar refractivity (Wildman–Crippen MR) is 51.0 cm³/mol. The molecule has 0 N–H and O–H groups in total. The quantitative estimate of drug-likeness (QED) is 0.411. The Bertz CT molecular complexity index is 79.4. The Morgan fingerprint density at radius 3 is 1.38 bits per heavy atom. The Morgan fingerprint density at radius 2 is 1.38 bits per heavy atom. The molecule has 0 unspecified atom stereocenters. The molecule has 0 saturated heterocycles. The van der Waals surface area contributed by atoms with Crippen LogP contribution in [-0.4, -0.2) is 31.1 Å². The van der Waals surface area contributed by atoms with Crippen LogP contribution in [0, 0.1) is 12.0 Å². The second kappa shape index (κ2) is 6.15. The van der Waals surface area contributed by atoms with Gasteiger partial charge in [-0.05, 0) is 0 Å². The summed E-state index contributed by atoms with van der Waals surface area (Å²) in [6.45, 7) is 6.44. The summed E-state index contributed by atoms with van der Waals surface area (Å²) >= 11 is 0. The van der Waals surface area contributed by atoms with E-state index in [1.54, 1.807) is 0 Å². The highest BCUT2D eigenvalue weighted by atomic mass is 79.9. The monoisotopic (exact) mass is 204 g/mol. The van der Waals surface area contributed by atoms with Crippen molar-refractivity contribution < 1.29 is 0 Å². The van der Waals surface area contributed by atoms with Gasteiger partial charge in [-0.2, -0.15) is 0 Å². The maximum absolute atomic E-state index is 5.12. The van der Waals surface area contributed by atoms with Crippen LogP contribution in [0.25, 0.3) is 0 Å². The molecule has 0 radical (unpaired) electrons. The minimum atomic E-state index is -1.10. The molecule has 3 heteroatoms. The normalized spacial score (nSPS) is 7.75. The first-order chi connectivity index (χ1) is 2.56. The summed E-state index contributed by atoms with van der Waals surface area (Å²) in [7, 11) is -1.10. The van der Waals surface area contributed by atoms with Crippen LogP contribution < -0.4 is 0 Å². The topological polar surface area (TPSA) is 0 Å². The standard InChI is InChI=1S/C5H10Si.BrH.Mg.2H/c1-5-6(2,3)4;;;;/h1H,2-4H3;1H;;;. The molecule has 0 aromatic rings. The summed E-state index contributed by atoms with van der Waals surface area (Å²) in [4.78, 5) is 0. The lowest BCUT2D eigenvalue weighted by Crippen LogP contribution is -2.15. The summed E-state index contributed by atoms with van der Waals surface area (Å²) in [5, 5.41) is 0. The lowest BCUT2D eigenvalue weighted by Gasteiger charge is -2.00. The molecule has 0 bridgehead atoms. The van der Waals surface area contributed by atoms with E-state index >= 15 is 0 Å². The van der Waals surface area contributed by atoms with Crippen molar-refractivity contribution >= 4 is 48.1 Å². The molecule has 0 fully saturated rings. The largest absolute Gasteiger partial charge is 0.316 e. The molecule has 46 valence electrons. The Balaban J connectivity index is -0.000000125. The van der Waals surface area contributed by atoms with E-state index in [2.05, 4.69) is 25.2 Å². The Hall–Kier alpha value is 1.02. The lowest BCUT2D eigenvalue weighted by molar-refractivity contribution is 1.82. The van der Waals surface area contributed by atoms with Gasteiger partial charge in [0.2, 0.25) is 0 Å². The number of hydrogen-bond donors (Lipinski definition) is 0. The van der Waals surface area contributed by atoms with Gasteiger partial charge < -0.3 is 0 Å². The highest BCUT2D eigenvalue weighted by molar-refractivity contribution is 8.93. The van der Waals surface area contributed by atoms with E-state index in [0.717, 1.165) is 0 Å². The van der Waals surface area contributed by atoms with Crippen molar-refractivity contribution in [2.24, 2.45) is 0 Å². The molecule has 0 rings (SSSR count). The van der Waals surface area contributed by atoms with E-state index in [9.17, 15) is 0 Å². The first-order valence-electron chi connectivity index (χ1n) is 2.04. The van der Waals surface area contributed by atoms with Gasteiger partial charge in [0.1, 0.15) is 8.07 Å². The summed E-state index contributed by atoms with van der Waals surface area (Å²) in [6.07, 6.45) is 5.12. The molecule has 0 amide bonds. The highest BCUT2D eigenvalue weighted by Crippen LogP contribution is 1.94. The van der Waals surface area contributed by atoms with Crippen molar-refractivity contribution in [3.63, 3.8) is 0 Å². The minimum Gasteiger partial charge on any atom is -0.135 e. The van der Waals surface area contributed by atoms with Crippen LogP contribution in [-0.2, 0) is 0 Å². The third-order valence-electron chi connectivity index (χ3n) is 0.433. The number of hydrogen-bond acceptors (Lipinski definition) is 0. The number of terminal acetylenes is 1. The summed E-state index contributed by atoms with van der Waals surface area (Å²) in [5.41, 5.74) is 2.74. The van der Waals surface area contributed by atoms with Crippen LogP contribution in [0.1, 0.15) is 0 Å². The van der Waals surface area contributed by atoms with Crippen molar-refractivity contribution in [2.45, 2.75) is 19.6 Å². The van der Waals surface area contributed by atoms with Crippen molar-refractivity contribution in [3.05, 3.63) is 0 Å². The van der Waals surface area contributed by atoms with Crippen LogP contribution in [0.3, 0.4) is 0 Å². The molecule has 0 heterocycles. The van der Waals surface area contributed by atoms with Gasteiger partial charge in [0.25, 0.3) is 0 Å². The molecule has 0 aromatic heterocycles. The fourth-order valence-corrected chi connectivity index (χ4v) is 0. The third-order valence-corrected chi connectivity index (χ3v) is 1.30. The Labute approximate surface area is 79.4 Å². The van der Waals surface area contributed by atoms with Gasteiger partial charge in [-0.15, -0.1) is 28.9 Å². The molecule has 0 aliphatic rings. The van der Waals surface area contributed by atoms with E-state index in [0.29, 0.717) is 0 Å². The average molecular weight is 205 g/mol. The SMILES string of the molecule is Br.C#C[Si](C)(C)C.[MgH2]. The van der Waals surface area contributed by atoms with Crippen LogP contribution in [0.2, 0.25) is 19.6 Å². The van der Waals surface area contributed by atoms with Crippen molar-refractivity contribution in [2.75, 3.05) is 0 Å². The lowest BCUT2D eigenvalue weighted by atomic mass is 11.4. The van der Waals surface area contributed by atoms with E-state index < -0.39 is 8.07 Å². The highest BCUT2D eigenvalue weighted by Gasteiger charge is 2.05. The van der Waals surface area contributed by atoms with E-state index in [-0.39, 0.29) is 40.0 Å². The summed E-state index contributed by atoms with van der Waals surface area (Å²) in [5.74, 6) is 0. The molecular formula is C5H13BrMgSi. The van der Waals surface area contributed by atoms with Gasteiger partial charge in [0, 0.05) is 0 Å². The molecule has 0 aliphatic carbocycles. The van der Waals surface area contributed by atoms with Gasteiger partial charge >= 0.3 is 23.1 Å². The molecule has 0 spiro atoms. The average Bonchev–Trinajstić information content (AvgIpc) is 1.35. The maximum Gasteiger partial charge on any atom is 0.316 e. The van der Waals surface area contributed by atoms with Crippen molar-refractivity contribution in [3.8, 4) is 12.0 Å². The fourth-order valence-electron chi connectivity index (χ4n) is 0. The summed E-state index contributed by atoms with van der Waals surface area (Å²) < 4.78 is 0. The van der Waals surface area contributed by atoms with Gasteiger partial charge in [0.05, 0.1) is 0 Å². The molecule has 0 aromatic carbocycles.